The molecule has 3 aromatic rings. The van der Waals surface area contributed by atoms with Crippen molar-refractivity contribution in [3.63, 3.8) is 0 Å². The van der Waals surface area contributed by atoms with Gasteiger partial charge in [-0.05, 0) is 37.5 Å². The predicted molar refractivity (Wildman–Crippen MR) is 112 cm³/mol. The fourth-order valence-corrected chi connectivity index (χ4v) is 5.31. The van der Waals surface area contributed by atoms with E-state index in [1.54, 1.807) is 0 Å². The highest BCUT2D eigenvalue weighted by atomic mass is 15.5. The third kappa shape index (κ3) is 3.61. The number of hydrogen-bond donors (Lipinski definition) is 0. The Balaban J connectivity index is 1.44. The molecule has 0 aliphatic heterocycles. The molecule has 2 fully saturated rings. The molecule has 2 atom stereocenters. The third-order valence-electron chi connectivity index (χ3n) is 6.95. The van der Waals surface area contributed by atoms with Gasteiger partial charge in [-0.3, -0.25) is 4.68 Å². The second-order valence-electron chi connectivity index (χ2n) is 9.12. The van der Waals surface area contributed by atoms with Gasteiger partial charge >= 0.3 is 0 Å². The molecule has 6 nitrogen and oxygen atoms in total. The summed E-state index contributed by atoms with van der Waals surface area (Å²) in [5.41, 5.74) is 2.85. The van der Waals surface area contributed by atoms with Crippen LogP contribution >= 0.6 is 0 Å². The SMILES string of the molecule is CC1CC[C@@H](Cn2cc(C3(n4cc(-c5ccccc5)nn4)CCCCC3)nn2)C1. The van der Waals surface area contributed by atoms with Crippen LogP contribution in [0.5, 0.6) is 0 Å². The van der Waals surface area contributed by atoms with Crippen LogP contribution in [0.25, 0.3) is 11.3 Å². The van der Waals surface area contributed by atoms with E-state index < -0.39 is 0 Å². The standard InChI is InChI=1S/C23H30N6/c1-18-10-11-19(14-18)15-28-17-22(25-26-28)23(12-6-3-7-13-23)29-16-21(24-27-29)20-8-4-2-5-9-20/h2,4-5,8-9,16-19H,3,6-7,10-15H2,1H3/t18?,19-/m1/s1. The van der Waals surface area contributed by atoms with Crippen LogP contribution in [0.15, 0.2) is 42.7 Å². The summed E-state index contributed by atoms with van der Waals surface area (Å²) in [5.74, 6) is 1.58. The quantitative estimate of drug-likeness (QED) is 0.634. The summed E-state index contributed by atoms with van der Waals surface area (Å²) in [7, 11) is 0. The molecule has 0 amide bonds. The monoisotopic (exact) mass is 390 g/mol. The normalized spacial score (nSPS) is 24.0. The first-order valence-corrected chi connectivity index (χ1v) is 11.1. The molecule has 2 aliphatic rings. The van der Waals surface area contributed by atoms with Gasteiger partial charge in [0.1, 0.15) is 16.9 Å². The van der Waals surface area contributed by atoms with Crippen LogP contribution in [0.2, 0.25) is 0 Å². The second-order valence-corrected chi connectivity index (χ2v) is 9.12. The maximum atomic E-state index is 4.66. The topological polar surface area (TPSA) is 61.4 Å². The van der Waals surface area contributed by atoms with E-state index in [4.69, 9.17) is 0 Å². The Morgan fingerprint density at radius 2 is 1.79 bits per heavy atom. The van der Waals surface area contributed by atoms with Gasteiger partial charge in [-0.25, -0.2) is 4.68 Å². The van der Waals surface area contributed by atoms with Gasteiger partial charge in [0.15, 0.2) is 0 Å². The van der Waals surface area contributed by atoms with Crippen molar-refractivity contribution < 1.29 is 0 Å². The van der Waals surface area contributed by atoms with Crippen LogP contribution in [0.3, 0.4) is 0 Å². The van der Waals surface area contributed by atoms with Gasteiger partial charge in [-0.15, -0.1) is 10.2 Å². The summed E-state index contributed by atoms with van der Waals surface area (Å²) < 4.78 is 4.14. The molecule has 0 radical (unpaired) electrons. The van der Waals surface area contributed by atoms with Gasteiger partial charge < -0.3 is 0 Å². The fraction of sp³-hybridized carbons (Fsp3) is 0.565. The van der Waals surface area contributed by atoms with Crippen LogP contribution in [0.1, 0.15) is 64.0 Å². The van der Waals surface area contributed by atoms with Gasteiger partial charge in [0.25, 0.3) is 0 Å². The van der Waals surface area contributed by atoms with Crippen LogP contribution in [0.4, 0.5) is 0 Å². The van der Waals surface area contributed by atoms with Crippen molar-refractivity contribution in [3.8, 4) is 11.3 Å². The molecule has 2 aromatic heterocycles. The summed E-state index contributed by atoms with van der Waals surface area (Å²) in [6, 6.07) is 10.3. The average Bonchev–Trinajstić information content (AvgIpc) is 3.51. The van der Waals surface area contributed by atoms with E-state index in [1.165, 1.54) is 38.5 Å². The number of aromatic nitrogens is 6. The molecule has 6 heteroatoms. The molecular weight excluding hydrogens is 360 g/mol. The summed E-state index contributed by atoms with van der Waals surface area (Å²) in [5, 5.41) is 18.2. The second kappa shape index (κ2) is 7.73. The van der Waals surface area contributed by atoms with Crippen molar-refractivity contribution in [1.29, 1.82) is 0 Å². The van der Waals surface area contributed by atoms with E-state index in [0.717, 1.165) is 48.2 Å². The van der Waals surface area contributed by atoms with Gasteiger partial charge in [-0.2, -0.15) is 0 Å². The zero-order valence-electron chi connectivity index (χ0n) is 17.2. The Kier molecular flexibility index (Phi) is 4.94. The first-order valence-electron chi connectivity index (χ1n) is 11.1. The highest BCUT2D eigenvalue weighted by Crippen LogP contribution is 2.40. The van der Waals surface area contributed by atoms with Crippen molar-refractivity contribution in [2.45, 2.75) is 70.4 Å². The number of nitrogens with zero attached hydrogens (tertiary/aromatic N) is 6. The zero-order chi connectivity index (χ0) is 19.7. The molecule has 2 heterocycles. The number of rotatable bonds is 5. The summed E-state index contributed by atoms with van der Waals surface area (Å²) in [4.78, 5) is 0. The molecule has 0 N–H and O–H groups in total. The number of hydrogen-bond acceptors (Lipinski definition) is 4. The first-order chi connectivity index (χ1) is 14.2. The Morgan fingerprint density at radius 3 is 2.55 bits per heavy atom. The largest absolute Gasteiger partial charge is 0.252 e. The molecule has 2 saturated carbocycles. The van der Waals surface area contributed by atoms with Gasteiger partial charge in [0.2, 0.25) is 0 Å². The van der Waals surface area contributed by atoms with Crippen molar-refractivity contribution >= 4 is 0 Å². The molecule has 0 spiro atoms. The lowest BCUT2D eigenvalue weighted by molar-refractivity contribution is 0.214. The van der Waals surface area contributed by atoms with Crippen LogP contribution in [-0.2, 0) is 12.1 Å². The Hall–Kier alpha value is -2.50. The molecule has 1 unspecified atom stereocenters. The van der Waals surface area contributed by atoms with E-state index in [2.05, 4.69) is 61.4 Å². The third-order valence-corrected chi connectivity index (χ3v) is 6.95. The molecule has 29 heavy (non-hydrogen) atoms. The summed E-state index contributed by atoms with van der Waals surface area (Å²) >= 11 is 0. The van der Waals surface area contributed by atoms with Crippen LogP contribution in [-0.4, -0.2) is 30.0 Å². The van der Waals surface area contributed by atoms with Crippen molar-refractivity contribution in [2.75, 3.05) is 0 Å². The van der Waals surface area contributed by atoms with Crippen molar-refractivity contribution in [3.05, 3.63) is 48.4 Å². The van der Waals surface area contributed by atoms with E-state index >= 15 is 0 Å². The van der Waals surface area contributed by atoms with Crippen molar-refractivity contribution in [2.24, 2.45) is 11.8 Å². The molecule has 1 aromatic carbocycles. The molecule has 152 valence electrons. The highest BCUT2D eigenvalue weighted by Gasteiger charge is 2.40. The predicted octanol–water partition coefficient (Wildman–Crippen LogP) is 4.68. The Morgan fingerprint density at radius 1 is 0.966 bits per heavy atom. The lowest BCUT2D eigenvalue weighted by Gasteiger charge is -2.35. The lowest BCUT2D eigenvalue weighted by atomic mass is 9.79. The first kappa shape index (κ1) is 18.5. The minimum Gasteiger partial charge on any atom is -0.252 e. The summed E-state index contributed by atoms with van der Waals surface area (Å²) in [6.07, 6.45) is 14.0. The molecular formula is C23H30N6. The molecule has 0 bridgehead atoms. The van der Waals surface area contributed by atoms with E-state index in [1.807, 2.05) is 18.2 Å². The van der Waals surface area contributed by atoms with Crippen LogP contribution < -0.4 is 0 Å². The Labute approximate surface area is 172 Å². The maximum Gasteiger partial charge on any atom is 0.113 e. The Bertz CT molecular complexity index is 937. The minimum atomic E-state index is -0.223. The highest BCUT2D eigenvalue weighted by molar-refractivity contribution is 5.57. The number of benzene rings is 1. The van der Waals surface area contributed by atoms with E-state index in [0.29, 0.717) is 0 Å². The maximum absolute atomic E-state index is 4.66. The molecule has 5 rings (SSSR count). The van der Waals surface area contributed by atoms with E-state index in [-0.39, 0.29) is 5.54 Å². The van der Waals surface area contributed by atoms with Crippen LogP contribution in [0, 0.1) is 11.8 Å². The van der Waals surface area contributed by atoms with E-state index in [9.17, 15) is 0 Å². The molecule has 2 aliphatic carbocycles. The van der Waals surface area contributed by atoms with Crippen molar-refractivity contribution in [1.82, 2.24) is 30.0 Å². The zero-order valence-corrected chi connectivity index (χ0v) is 17.2. The molecule has 0 saturated heterocycles. The van der Waals surface area contributed by atoms with Gasteiger partial charge in [0, 0.05) is 12.1 Å². The van der Waals surface area contributed by atoms with Gasteiger partial charge in [0.05, 0.1) is 12.4 Å². The fourth-order valence-electron chi connectivity index (χ4n) is 5.31. The minimum absolute atomic E-state index is 0.223. The average molecular weight is 391 g/mol. The van der Waals surface area contributed by atoms with Gasteiger partial charge in [-0.1, -0.05) is 73.4 Å². The lowest BCUT2D eigenvalue weighted by Crippen LogP contribution is -2.38. The summed E-state index contributed by atoms with van der Waals surface area (Å²) in [6.45, 7) is 3.35. The smallest absolute Gasteiger partial charge is 0.113 e.